The van der Waals surface area contributed by atoms with E-state index in [4.69, 9.17) is 0 Å². The van der Waals surface area contributed by atoms with Crippen LogP contribution in [0.2, 0.25) is 0 Å². The molecule has 6 aromatic carbocycles. The Labute approximate surface area is 226 Å². The molecule has 0 bridgehead atoms. The Balaban J connectivity index is 1.65. The summed E-state index contributed by atoms with van der Waals surface area (Å²) in [7, 11) is 0. The second kappa shape index (κ2) is 8.04. The molecule has 0 fully saturated rings. The fourth-order valence-electron chi connectivity index (χ4n) is 5.83. The van der Waals surface area contributed by atoms with Gasteiger partial charge in [-0.15, -0.1) is 11.3 Å². The molecule has 0 saturated heterocycles. The molecule has 37 heavy (non-hydrogen) atoms. The van der Waals surface area contributed by atoms with Crippen LogP contribution in [0.1, 0.15) is 0 Å². The van der Waals surface area contributed by atoms with E-state index in [1.807, 2.05) is 11.3 Å². The van der Waals surface area contributed by atoms with Gasteiger partial charge in [0.1, 0.15) is 0 Å². The first-order valence-corrected chi connectivity index (χ1v) is 14.0. The molecule has 3 heteroatoms. The summed E-state index contributed by atoms with van der Waals surface area (Å²) in [6.45, 7) is 0. The van der Waals surface area contributed by atoms with Crippen LogP contribution in [0.25, 0.3) is 69.6 Å². The van der Waals surface area contributed by atoms with Crippen molar-refractivity contribution >= 4 is 80.0 Å². The lowest BCUT2D eigenvalue weighted by molar-refractivity contribution is 1.21. The Bertz CT molecular complexity index is 2140. The maximum Gasteiger partial charge on any atom is 0.0634 e. The average Bonchev–Trinajstić information content (AvgIpc) is 3.49. The van der Waals surface area contributed by atoms with E-state index in [2.05, 4.69) is 142 Å². The molecule has 174 valence electrons. The second-order valence-electron chi connectivity index (χ2n) is 9.48. The molecule has 0 radical (unpaired) electrons. The van der Waals surface area contributed by atoms with Crippen LogP contribution >= 0.6 is 27.3 Å². The predicted octanol–water partition coefficient (Wildman–Crippen LogP) is 10.7. The molecule has 2 aromatic heterocycles. The van der Waals surface area contributed by atoms with Gasteiger partial charge in [-0.05, 0) is 47.3 Å². The number of hydrogen-bond donors (Lipinski definition) is 0. The normalized spacial score (nSPS) is 11.9. The summed E-state index contributed by atoms with van der Waals surface area (Å²) in [4.78, 5) is 0. The fourth-order valence-corrected chi connectivity index (χ4v) is 7.34. The molecule has 8 rings (SSSR count). The van der Waals surface area contributed by atoms with Crippen LogP contribution in [0.3, 0.4) is 0 Å². The standard InChI is InChI=1S/C34H20BrNS/c35-23-18-16-22(17-19-23)27-20-28-25-11-3-5-13-30(25)36(29-14-7-9-21-8-1-2-10-24(21)29)33(28)32-26-12-4-6-15-31(26)37-34(27)32/h1-20H. The summed E-state index contributed by atoms with van der Waals surface area (Å²) >= 11 is 5.51. The molecule has 0 N–H and O–H groups in total. The van der Waals surface area contributed by atoms with Crippen LogP contribution in [0, 0.1) is 0 Å². The van der Waals surface area contributed by atoms with Gasteiger partial charge < -0.3 is 4.57 Å². The third-order valence-electron chi connectivity index (χ3n) is 7.44. The summed E-state index contributed by atoms with van der Waals surface area (Å²) < 4.78 is 6.25. The lowest BCUT2D eigenvalue weighted by atomic mass is 9.99. The van der Waals surface area contributed by atoms with Crippen LogP contribution in [-0.4, -0.2) is 4.57 Å². The van der Waals surface area contributed by atoms with Gasteiger partial charge in [0.05, 0.1) is 16.7 Å². The zero-order chi connectivity index (χ0) is 24.5. The van der Waals surface area contributed by atoms with Crippen molar-refractivity contribution in [3.05, 3.63) is 126 Å². The van der Waals surface area contributed by atoms with Gasteiger partial charge in [0.15, 0.2) is 0 Å². The Morgan fingerprint density at radius 1 is 0.595 bits per heavy atom. The maximum absolute atomic E-state index is 3.62. The van der Waals surface area contributed by atoms with E-state index in [-0.39, 0.29) is 0 Å². The van der Waals surface area contributed by atoms with Crippen molar-refractivity contribution in [1.29, 1.82) is 0 Å². The first kappa shape index (κ1) is 21.2. The van der Waals surface area contributed by atoms with Crippen LogP contribution in [0.5, 0.6) is 0 Å². The third-order valence-corrected chi connectivity index (χ3v) is 9.17. The number of para-hydroxylation sites is 1. The molecule has 2 heterocycles. The van der Waals surface area contributed by atoms with E-state index in [1.165, 1.54) is 69.6 Å². The second-order valence-corrected chi connectivity index (χ2v) is 11.4. The van der Waals surface area contributed by atoms with Crippen LogP contribution in [0.4, 0.5) is 0 Å². The van der Waals surface area contributed by atoms with E-state index >= 15 is 0 Å². The van der Waals surface area contributed by atoms with Crippen molar-refractivity contribution in [1.82, 2.24) is 4.57 Å². The highest BCUT2D eigenvalue weighted by Crippen LogP contribution is 2.47. The number of hydrogen-bond acceptors (Lipinski definition) is 1. The van der Waals surface area contributed by atoms with Gasteiger partial charge in [-0.1, -0.05) is 101 Å². The number of fused-ring (bicyclic) bond motifs is 8. The SMILES string of the molecule is Brc1ccc(-c2cc3c4ccccc4n(-c4cccc5ccccc45)c3c3c2sc2ccccc23)cc1. The quantitative estimate of drug-likeness (QED) is 0.200. The number of nitrogens with zero attached hydrogens (tertiary/aromatic N) is 1. The van der Waals surface area contributed by atoms with Gasteiger partial charge >= 0.3 is 0 Å². The zero-order valence-electron chi connectivity index (χ0n) is 19.8. The van der Waals surface area contributed by atoms with E-state index < -0.39 is 0 Å². The molecule has 0 saturated carbocycles. The Hall–Kier alpha value is -3.92. The molecule has 0 unspecified atom stereocenters. The van der Waals surface area contributed by atoms with Gasteiger partial charge in [0.25, 0.3) is 0 Å². The van der Waals surface area contributed by atoms with Crippen molar-refractivity contribution in [3.63, 3.8) is 0 Å². The Morgan fingerprint density at radius 2 is 1.30 bits per heavy atom. The van der Waals surface area contributed by atoms with Crippen molar-refractivity contribution in [2.75, 3.05) is 0 Å². The highest BCUT2D eigenvalue weighted by atomic mass is 79.9. The van der Waals surface area contributed by atoms with Crippen LogP contribution in [-0.2, 0) is 0 Å². The summed E-state index contributed by atoms with van der Waals surface area (Å²) in [5.41, 5.74) is 6.27. The number of rotatable bonds is 2. The Morgan fingerprint density at radius 3 is 2.16 bits per heavy atom. The fraction of sp³-hybridized carbons (Fsp3) is 0. The van der Waals surface area contributed by atoms with Crippen LogP contribution < -0.4 is 0 Å². The van der Waals surface area contributed by atoms with Crippen LogP contribution in [0.15, 0.2) is 126 Å². The van der Waals surface area contributed by atoms with Crippen molar-refractivity contribution in [3.8, 4) is 16.8 Å². The first-order valence-electron chi connectivity index (χ1n) is 12.4. The highest BCUT2D eigenvalue weighted by molar-refractivity contribution is 9.10. The van der Waals surface area contributed by atoms with Gasteiger partial charge in [0.2, 0.25) is 0 Å². The molecule has 8 aromatic rings. The molecule has 0 atom stereocenters. The predicted molar refractivity (Wildman–Crippen MR) is 164 cm³/mol. The number of halogens is 1. The molecule has 0 aliphatic heterocycles. The molecule has 0 amide bonds. The largest absolute Gasteiger partial charge is 0.308 e. The smallest absolute Gasteiger partial charge is 0.0634 e. The molecule has 0 aliphatic rings. The summed E-state index contributed by atoms with van der Waals surface area (Å²) in [6, 6.07) is 44.2. The number of benzene rings is 6. The monoisotopic (exact) mass is 553 g/mol. The number of aromatic nitrogens is 1. The maximum atomic E-state index is 3.62. The van der Waals surface area contributed by atoms with Gasteiger partial charge in [-0.2, -0.15) is 0 Å². The minimum Gasteiger partial charge on any atom is -0.308 e. The number of thiophene rings is 1. The van der Waals surface area contributed by atoms with Gasteiger partial charge in [-0.3, -0.25) is 0 Å². The highest BCUT2D eigenvalue weighted by Gasteiger charge is 2.21. The van der Waals surface area contributed by atoms with E-state index in [0.717, 1.165) is 4.47 Å². The van der Waals surface area contributed by atoms with Crippen molar-refractivity contribution < 1.29 is 0 Å². The van der Waals surface area contributed by atoms with Gasteiger partial charge in [0, 0.05) is 46.4 Å². The van der Waals surface area contributed by atoms with Crippen molar-refractivity contribution in [2.24, 2.45) is 0 Å². The molecule has 1 nitrogen and oxygen atoms in total. The lowest BCUT2D eigenvalue weighted by Crippen LogP contribution is -1.95. The zero-order valence-corrected chi connectivity index (χ0v) is 22.2. The Kier molecular flexibility index (Phi) is 4.61. The van der Waals surface area contributed by atoms with E-state index in [1.54, 1.807) is 0 Å². The lowest BCUT2D eigenvalue weighted by Gasteiger charge is -2.13. The molecular weight excluding hydrogens is 534 g/mol. The average molecular weight is 555 g/mol. The van der Waals surface area contributed by atoms with E-state index in [0.29, 0.717) is 0 Å². The summed E-state index contributed by atoms with van der Waals surface area (Å²) in [5, 5.41) is 7.73. The topological polar surface area (TPSA) is 4.93 Å². The summed E-state index contributed by atoms with van der Waals surface area (Å²) in [6.07, 6.45) is 0. The minimum atomic E-state index is 1.09. The molecular formula is C34H20BrNS. The first-order chi connectivity index (χ1) is 18.3. The van der Waals surface area contributed by atoms with E-state index in [9.17, 15) is 0 Å². The molecule has 0 spiro atoms. The van der Waals surface area contributed by atoms with Gasteiger partial charge in [-0.25, -0.2) is 0 Å². The van der Waals surface area contributed by atoms with Crippen molar-refractivity contribution in [2.45, 2.75) is 0 Å². The third kappa shape index (κ3) is 3.08. The minimum absolute atomic E-state index is 1.09. The molecule has 0 aliphatic carbocycles. The summed E-state index contributed by atoms with van der Waals surface area (Å²) in [5.74, 6) is 0.